The lowest BCUT2D eigenvalue weighted by Gasteiger charge is -2.22. The monoisotopic (exact) mass is 257 g/mol. The third kappa shape index (κ3) is 8.48. The summed E-state index contributed by atoms with van der Waals surface area (Å²) >= 11 is 0. The van der Waals surface area contributed by atoms with Crippen LogP contribution in [-0.4, -0.2) is 56.0 Å². The molecule has 0 aliphatic rings. The van der Waals surface area contributed by atoms with E-state index in [9.17, 15) is 4.79 Å². The molecule has 0 aromatic carbocycles. The Labute approximate surface area is 113 Å². The number of nitrogens with zero attached hydrogens (tertiary/aromatic N) is 2. The van der Waals surface area contributed by atoms with E-state index >= 15 is 0 Å². The van der Waals surface area contributed by atoms with Crippen LogP contribution in [0.3, 0.4) is 0 Å². The Hall–Kier alpha value is -0.610. The quantitative estimate of drug-likeness (QED) is 0.646. The fraction of sp³-hybridized carbons (Fsp3) is 0.929. The van der Waals surface area contributed by atoms with E-state index in [-0.39, 0.29) is 0 Å². The van der Waals surface area contributed by atoms with Crippen molar-refractivity contribution in [3.8, 4) is 0 Å². The zero-order chi connectivity index (χ0) is 14.0. The number of carbonyl (C=O) groups excluding carboxylic acids is 1. The summed E-state index contributed by atoms with van der Waals surface area (Å²) in [7, 11) is 4.12. The molecule has 0 aliphatic carbocycles. The molecule has 4 heteroatoms. The number of hydrogen-bond acceptors (Lipinski definition) is 3. The van der Waals surface area contributed by atoms with Gasteiger partial charge in [0.25, 0.3) is 0 Å². The first-order chi connectivity index (χ1) is 8.51. The van der Waals surface area contributed by atoms with Gasteiger partial charge in [0, 0.05) is 19.5 Å². The van der Waals surface area contributed by atoms with Gasteiger partial charge in [-0.2, -0.15) is 0 Å². The molecular formula is C14H31N3O. The summed E-state index contributed by atoms with van der Waals surface area (Å²) in [4.78, 5) is 16.2. The van der Waals surface area contributed by atoms with Crippen molar-refractivity contribution in [2.75, 3.05) is 40.3 Å². The van der Waals surface area contributed by atoms with Gasteiger partial charge in [-0.1, -0.05) is 6.92 Å². The van der Waals surface area contributed by atoms with Crippen LogP contribution in [0.15, 0.2) is 0 Å². The van der Waals surface area contributed by atoms with Gasteiger partial charge in [0.1, 0.15) is 0 Å². The van der Waals surface area contributed by atoms with Gasteiger partial charge in [0.2, 0.25) is 5.91 Å². The highest BCUT2D eigenvalue weighted by molar-refractivity contribution is 5.76. The van der Waals surface area contributed by atoms with Crippen molar-refractivity contribution in [1.82, 2.24) is 9.80 Å². The minimum absolute atomic E-state index is 0.292. The second kappa shape index (κ2) is 10.3. The van der Waals surface area contributed by atoms with Crippen molar-refractivity contribution in [2.24, 2.45) is 11.7 Å². The van der Waals surface area contributed by atoms with E-state index in [1.807, 2.05) is 4.90 Å². The molecule has 2 N–H and O–H groups in total. The molecule has 1 amide bonds. The van der Waals surface area contributed by atoms with Gasteiger partial charge in [-0.15, -0.1) is 0 Å². The van der Waals surface area contributed by atoms with E-state index < -0.39 is 0 Å². The molecule has 0 bridgehead atoms. The smallest absolute Gasteiger partial charge is 0.222 e. The maximum atomic E-state index is 12.0. The van der Waals surface area contributed by atoms with E-state index in [0.717, 1.165) is 45.4 Å². The predicted molar refractivity (Wildman–Crippen MR) is 77.5 cm³/mol. The van der Waals surface area contributed by atoms with E-state index in [1.165, 1.54) is 0 Å². The molecule has 0 aromatic rings. The molecule has 0 aromatic heterocycles. The average molecular weight is 257 g/mol. The Morgan fingerprint density at radius 2 is 1.89 bits per heavy atom. The molecule has 0 heterocycles. The van der Waals surface area contributed by atoms with E-state index in [2.05, 4.69) is 32.8 Å². The van der Waals surface area contributed by atoms with Crippen LogP contribution in [0.5, 0.6) is 0 Å². The highest BCUT2D eigenvalue weighted by Crippen LogP contribution is 2.10. The topological polar surface area (TPSA) is 49.6 Å². The molecular weight excluding hydrogens is 226 g/mol. The highest BCUT2D eigenvalue weighted by atomic mass is 16.2. The normalized spacial score (nSPS) is 12.8. The Bertz CT molecular complexity index is 219. The molecule has 0 saturated carbocycles. The third-order valence-corrected chi connectivity index (χ3v) is 3.28. The second-order valence-electron chi connectivity index (χ2n) is 5.35. The van der Waals surface area contributed by atoms with Crippen LogP contribution in [0.4, 0.5) is 0 Å². The van der Waals surface area contributed by atoms with Gasteiger partial charge in [0.05, 0.1) is 0 Å². The summed E-state index contributed by atoms with van der Waals surface area (Å²) in [6.07, 6.45) is 3.68. The number of carbonyl (C=O) groups is 1. The molecule has 1 unspecified atom stereocenters. The first-order valence-corrected chi connectivity index (χ1v) is 7.13. The number of rotatable bonds is 10. The summed E-state index contributed by atoms with van der Waals surface area (Å²) in [6, 6.07) is 0. The molecule has 0 spiro atoms. The Balaban J connectivity index is 3.88. The van der Waals surface area contributed by atoms with Gasteiger partial charge in [-0.05, 0) is 59.3 Å². The molecule has 4 nitrogen and oxygen atoms in total. The van der Waals surface area contributed by atoms with Crippen LogP contribution in [0, 0.1) is 5.92 Å². The van der Waals surface area contributed by atoms with Gasteiger partial charge in [-0.3, -0.25) is 4.79 Å². The lowest BCUT2D eigenvalue weighted by Crippen LogP contribution is -2.33. The predicted octanol–water partition coefficient (Wildman–Crippen LogP) is 1.55. The molecule has 0 rings (SSSR count). The zero-order valence-corrected chi connectivity index (χ0v) is 12.6. The van der Waals surface area contributed by atoms with Crippen molar-refractivity contribution < 1.29 is 4.79 Å². The van der Waals surface area contributed by atoms with Crippen LogP contribution in [0.1, 0.15) is 39.5 Å². The van der Waals surface area contributed by atoms with Crippen molar-refractivity contribution in [1.29, 1.82) is 0 Å². The molecule has 0 fully saturated rings. The first-order valence-electron chi connectivity index (χ1n) is 7.13. The van der Waals surface area contributed by atoms with Crippen molar-refractivity contribution >= 4 is 5.91 Å². The van der Waals surface area contributed by atoms with Crippen molar-refractivity contribution in [2.45, 2.75) is 39.5 Å². The summed E-state index contributed by atoms with van der Waals surface area (Å²) in [5, 5.41) is 0. The number of nitrogens with two attached hydrogens (primary N) is 1. The minimum Gasteiger partial charge on any atom is -0.343 e. The molecule has 1 atom stereocenters. The lowest BCUT2D eigenvalue weighted by atomic mass is 10.0. The highest BCUT2D eigenvalue weighted by Gasteiger charge is 2.12. The van der Waals surface area contributed by atoms with Crippen molar-refractivity contribution in [3.05, 3.63) is 0 Å². The summed E-state index contributed by atoms with van der Waals surface area (Å²) in [5.74, 6) is 0.847. The Morgan fingerprint density at radius 1 is 1.22 bits per heavy atom. The van der Waals surface area contributed by atoms with Gasteiger partial charge in [-0.25, -0.2) is 0 Å². The molecule has 108 valence electrons. The maximum absolute atomic E-state index is 12.0. The van der Waals surface area contributed by atoms with Gasteiger partial charge < -0.3 is 15.5 Å². The largest absolute Gasteiger partial charge is 0.343 e. The van der Waals surface area contributed by atoms with Crippen molar-refractivity contribution in [3.63, 3.8) is 0 Å². The van der Waals surface area contributed by atoms with Crippen LogP contribution in [-0.2, 0) is 4.79 Å². The van der Waals surface area contributed by atoms with Crippen LogP contribution >= 0.6 is 0 Å². The minimum atomic E-state index is 0.292. The fourth-order valence-electron chi connectivity index (χ4n) is 1.99. The molecule has 0 radical (unpaired) electrons. The summed E-state index contributed by atoms with van der Waals surface area (Å²) in [5.41, 5.74) is 5.52. The molecule has 0 aliphatic heterocycles. The fourth-order valence-corrected chi connectivity index (χ4v) is 1.99. The standard InChI is InChI=1S/C14H31N3O/c1-5-17(12-6-11-16(3)4)14(18)8-7-13(2)9-10-15/h13H,5-12,15H2,1-4H3. The maximum Gasteiger partial charge on any atom is 0.222 e. The van der Waals surface area contributed by atoms with E-state index in [1.54, 1.807) is 0 Å². The average Bonchev–Trinajstić information content (AvgIpc) is 2.31. The molecule has 18 heavy (non-hydrogen) atoms. The molecule has 0 saturated heterocycles. The number of amides is 1. The zero-order valence-electron chi connectivity index (χ0n) is 12.6. The Morgan fingerprint density at radius 3 is 2.39 bits per heavy atom. The third-order valence-electron chi connectivity index (χ3n) is 3.28. The van der Waals surface area contributed by atoms with Gasteiger partial charge in [0.15, 0.2) is 0 Å². The Kier molecular flexibility index (Phi) is 9.98. The van der Waals surface area contributed by atoms with Gasteiger partial charge >= 0.3 is 0 Å². The van der Waals surface area contributed by atoms with Crippen LogP contribution < -0.4 is 5.73 Å². The number of hydrogen-bond donors (Lipinski definition) is 1. The van der Waals surface area contributed by atoms with Crippen LogP contribution in [0.2, 0.25) is 0 Å². The lowest BCUT2D eigenvalue weighted by molar-refractivity contribution is -0.131. The summed E-state index contributed by atoms with van der Waals surface area (Å²) < 4.78 is 0. The first kappa shape index (κ1) is 17.4. The van der Waals surface area contributed by atoms with E-state index in [4.69, 9.17) is 5.73 Å². The second-order valence-corrected chi connectivity index (χ2v) is 5.35. The van der Waals surface area contributed by atoms with Crippen LogP contribution in [0.25, 0.3) is 0 Å². The summed E-state index contributed by atoms with van der Waals surface area (Å²) in [6.45, 7) is 7.67. The van der Waals surface area contributed by atoms with E-state index in [0.29, 0.717) is 18.2 Å². The SMILES string of the molecule is CCN(CCCN(C)C)C(=O)CCC(C)CCN.